The molecule has 3 N–H and O–H groups in total. The monoisotopic (exact) mass is 239 g/mol. The number of hydrogen-bond acceptors (Lipinski definition) is 4. The molecule has 1 heterocycles. The number of rotatable bonds is 7. The molecule has 0 bridgehead atoms. The molecule has 0 fully saturated rings. The molecule has 0 aromatic carbocycles. The first-order valence-corrected chi connectivity index (χ1v) is 5.93. The van der Waals surface area contributed by atoms with E-state index in [0.717, 1.165) is 25.3 Å². The molecule has 0 radical (unpaired) electrons. The van der Waals surface area contributed by atoms with E-state index in [0.29, 0.717) is 12.5 Å². The average molecular weight is 239 g/mol. The van der Waals surface area contributed by atoms with Crippen LogP contribution in [0.5, 0.6) is 0 Å². The second-order valence-corrected chi connectivity index (χ2v) is 4.10. The molecule has 5 nitrogen and oxygen atoms in total. The van der Waals surface area contributed by atoms with Crippen LogP contribution in [0.25, 0.3) is 0 Å². The fraction of sp³-hybridized carbons (Fsp3) is 0.583. The summed E-state index contributed by atoms with van der Waals surface area (Å²) in [5.74, 6) is 5.88. The van der Waals surface area contributed by atoms with Crippen LogP contribution in [0.2, 0.25) is 0 Å². The van der Waals surface area contributed by atoms with Crippen molar-refractivity contribution in [1.29, 1.82) is 0 Å². The van der Waals surface area contributed by atoms with Crippen LogP contribution in [0.15, 0.2) is 22.8 Å². The molecule has 5 heteroatoms. The maximum absolute atomic E-state index is 11.1. The predicted octanol–water partition coefficient (Wildman–Crippen LogP) is 1.26. The molecular weight excluding hydrogens is 218 g/mol. The first kappa shape index (κ1) is 13.7. The van der Waals surface area contributed by atoms with Gasteiger partial charge in [-0.3, -0.25) is 15.1 Å². The summed E-state index contributed by atoms with van der Waals surface area (Å²) in [5.41, 5.74) is 2.15. The van der Waals surface area contributed by atoms with Gasteiger partial charge in [0, 0.05) is 12.5 Å². The minimum Gasteiger partial charge on any atom is -0.468 e. The van der Waals surface area contributed by atoms with Gasteiger partial charge < -0.3 is 4.42 Å². The summed E-state index contributed by atoms with van der Waals surface area (Å²) in [7, 11) is 0. The van der Waals surface area contributed by atoms with E-state index in [4.69, 9.17) is 10.3 Å². The lowest BCUT2D eigenvalue weighted by Crippen LogP contribution is -2.35. The third-order valence-corrected chi connectivity index (χ3v) is 2.92. The van der Waals surface area contributed by atoms with Crippen LogP contribution >= 0.6 is 0 Å². The van der Waals surface area contributed by atoms with Gasteiger partial charge in [-0.25, -0.2) is 5.84 Å². The minimum atomic E-state index is -0.120. The highest BCUT2D eigenvalue weighted by Gasteiger charge is 2.14. The highest BCUT2D eigenvalue weighted by molar-refractivity contribution is 5.75. The number of carbonyl (C=O) groups is 1. The SMILES string of the molecule is CCN(Cc1ccco1)C(C)CCC(=O)NN. The molecule has 0 spiro atoms. The highest BCUT2D eigenvalue weighted by Crippen LogP contribution is 2.12. The van der Waals surface area contributed by atoms with Crippen molar-refractivity contribution in [3.8, 4) is 0 Å². The Labute approximate surface area is 102 Å². The van der Waals surface area contributed by atoms with Crippen molar-refractivity contribution in [3.05, 3.63) is 24.2 Å². The zero-order chi connectivity index (χ0) is 12.7. The van der Waals surface area contributed by atoms with E-state index < -0.39 is 0 Å². The summed E-state index contributed by atoms with van der Waals surface area (Å²) >= 11 is 0. The summed E-state index contributed by atoms with van der Waals surface area (Å²) in [5, 5.41) is 0. The first-order valence-electron chi connectivity index (χ1n) is 5.93. The van der Waals surface area contributed by atoms with Gasteiger partial charge in [0.1, 0.15) is 5.76 Å². The quantitative estimate of drug-likeness (QED) is 0.427. The summed E-state index contributed by atoms with van der Waals surface area (Å²) in [6, 6.07) is 4.17. The van der Waals surface area contributed by atoms with Crippen LogP contribution < -0.4 is 11.3 Å². The van der Waals surface area contributed by atoms with E-state index in [-0.39, 0.29) is 5.91 Å². The number of nitrogens with two attached hydrogens (primary N) is 1. The third kappa shape index (κ3) is 4.58. The van der Waals surface area contributed by atoms with Gasteiger partial charge in [0.2, 0.25) is 5.91 Å². The Kier molecular flexibility index (Phi) is 5.72. The Morgan fingerprint density at radius 3 is 2.94 bits per heavy atom. The molecule has 0 saturated heterocycles. The number of amides is 1. The van der Waals surface area contributed by atoms with Gasteiger partial charge in [-0.2, -0.15) is 0 Å². The number of hydrazine groups is 1. The Balaban J connectivity index is 2.41. The van der Waals surface area contributed by atoms with Gasteiger partial charge in [0.05, 0.1) is 12.8 Å². The number of hydrogen-bond donors (Lipinski definition) is 2. The molecule has 1 unspecified atom stereocenters. The third-order valence-electron chi connectivity index (χ3n) is 2.92. The number of nitrogens with one attached hydrogen (secondary N) is 1. The van der Waals surface area contributed by atoms with Gasteiger partial charge in [0.25, 0.3) is 0 Å². The molecule has 96 valence electrons. The van der Waals surface area contributed by atoms with E-state index in [9.17, 15) is 4.79 Å². The highest BCUT2D eigenvalue weighted by atomic mass is 16.3. The summed E-state index contributed by atoms with van der Waals surface area (Å²) in [6.45, 7) is 5.90. The normalized spacial score (nSPS) is 12.7. The molecule has 1 atom stereocenters. The van der Waals surface area contributed by atoms with E-state index in [1.807, 2.05) is 12.1 Å². The van der Waals surface area contributed by atoms with Crippen molar-refractivity contribution in [2.24, 2.45) is 5.84 Å². The topological polar surface area (TPSA) is 71.5 Å². The fourth-order valence-electron chi connectivity index (χ4n) is 1.78. The van der Waals surface area contributed by atoms with Crippen LogP contribution in [0.1, 0.15) is 32.4 Å². The maximum Gasteiger partial charge on any atom is 0.233 e. The van der Waals surface area contributed by atoms with Gasteiger partial charge in [-0.15, -0.1) is 0 Å². The fourth-order valence-corrected chi connectivity index (χ4v) is 1.78. The maximum atomic E-state index is 11.1. The summed E-state index contributed by atoms with van der Waals surface area (Å²) < 4.78 is 5.32. The molecule has 1 rings (SSSR count). The predicted molar refractivity (Wildman–Crippen MR) is 65.8 cm³/mol. The van der Waals surface area contributed by atoms with E-state index >= 15 is 0 Å². The zero-order valence-corrected chi connectivity index (χ0v) is 10.5. The van der Waals surface area contributed by atoms with Crippen LogP contribution in [-0.4, -0.2) is 23.4 Å². The molecule has 0 saturated carbocycles. The summed E-state index contributed by atoms with van der Waals surface area (Å²) in [4.78, 5) is 13.3. The lowest BCUT2D eigenvalue weighted by atomic mass is 10.1. The number of nitrogens with zero attached hydrogens (tertiary/aromatic N) is 1. The minimum absolute atomic E-state index is 0.120. The molecule has 0 aliphatic carbocycles. The smallest absolute Gasteiger partial charge is 0.233 e. The van der Waals surface area contributed by atoms with Crippen molar-refractivity contribution in [1.82, 2.24) is 10.3 Å². The largest absolute Gasteiger partial charge is 0.468 e. The van der Waals surface area contributed by atoms with Gasteiger partial charge in [-0.05, 0) is 32.0 Å². The number of carbonyl (C=O) groups excluding carboxylic acids is 1. The van der Waals surface area contributed by atoms with Crippen molar-refractivity contribution in [2.45, 2.75) is 39.3 Å². The Hall–Kier alpha value is -1.33. The van der Waals surface area contributed by atoms with E-state index in [2.05, 4.69) is 24.2 Å². The van der Waals surface area contributed by atoms with Gasteiger partial charge in [-0.1, -0.05) is 6.92 Å². The van der Waals surface area contributed by atoms with E-state index in [1.54, 1.807) is 6.26 Å². The lowest BCUT2D eigenvalue weighted by Gasteiger charge is -2.26. The second kappa shape index (κ2) is 7.09. The molecule has 1 amide bonds. The standard InChI is InChI=1S/C12H21N3O2/c1-3-15(9-11-5-4-8-17-11)10(2)6-7-12(16)14-13/h4-5,8,10H,3,6-7,9,13H2,1-2H3,(H,14,16). The Bertz CT molecular complexity index is 325. The molecule has 1 aromatic rings. The van der Waals surface area contributed by atoms with Crippen molar-refractivity contribution in [2.75, 3.05) is 6.54 Å². The molecule has 17 heavy (non-hydrogen) atoms. The first-order chi connectivity index (χ1) is 8.17. The number of furan rings is 1. The molecule has 1 aromatic heterocycles. The van der Waals surface area contributed by atoms with E-state index in [1.165, 1.54) is 0 Å². The van der Waals surface area contributed by atoms with Gasteiger partial charge >= 0.3 is 0 Å². The second-order valence-electron chi connectivity index (χ2n) is 4.10. The van der Waals surface area contributed by atoms with Crippen molar-refractivity contribution < 1.29 is 9.21 Å². The Morgan fingerprint density at radius 2 is 2.41 bits per heavy atom. The average Bonchev–Trinajstić information content (AvgIpc) is 2.85. The molecule has 0 aliphatic heterocycles. The summed E-state index contributed by atoms with van der Waals surface area (Å²) in [6.07, 6.45) is 2.92. The van der Waals surface area contributed by atoms with Gasteiger partial charge in [0.15, 0.2) is 0 Å². The van der Waals surface area contributed by atoms with Crippen LogP contribution in [0.4, 0.5) is 0 Å². The van der Waals surface area contributed by atoms with Crippen molar-refractivity contribution >= 4 is 5.91 Å². The van der Waals surface area contributed by atoms with Crippen LogP contribution in [0, 0.1) is 0 Å². The van der Waals surface area contributed by atoms with Crippen LogP contribution in [0.3, 0.4) is 0 Å². The van der Waals surface area contributed by atoms with Crippen LogP contribution in [-0.2, 0) is 11.3 Å². The van der Waals surface area contributed by atoms with Crippen molar-refractivity contribution in [3.63, 3.8) is 0 Å². The zero-order valence-electron chi connectivity index (χ0n) is 10.5. The Morgan fingerprint density at radius 1 is 1.65 bits per heavy atom. The lowest BCUT2D eigenvalue weighted by molar-refractivity contribution is -0.121. The molecular formula is C12H21N3O2. The molecule has 0 aliphatic rings.